The van der Waals surface area contributed by atoms with Crippen molar-refractivity contribution in [2.24, 2.45) is 0 Å². The second-order valence-electron chi connectivity index (χ2n) is 5.42. The predicted molar refractivity (Wildman–Crippen MR) is 85.3 cm³/mol. The van der Waals surface area contributed by atoms with Crippen LogP contribution in [-0.4, -0.2) is 36.4 Å². The highest BCUT2D eigenvalue weighted by molar-refractivity contribution is 6.02. The molecule has 0 saturated carbocycles. The van der Waals surface area contributed by atoms with Gasteiger partial charge in [-0.1, -0.05) is 19.0 Å². The summed E-state index contributed by atoms with van der Waals surface area (Å²) in [5.41, 5.74) is 1.92. The molecule has 6 heteroatoms. The molecule has 1 heterocycles. The van der Waals surface area contributed by atoms with E-state index in [9.17, 15) is 4.79 Å². The molecule has 2 N–H and O–H groups in total. The molecule has 0 atom stereocenters. The number of nitrogens with one attached hydrogen (secondary N) is 1. The van der Waals surface area contributed by atoms with Gasteiger partial charge in [-0.25, -0.2) is 0 Å². The number of likely N-dealkylation sites (N-methyl/N-ethyl adjacent to an activating group) is 1. The van der Waals surface area contributed by atoms with Gasteiger partial charge in [0.1, 0.15) is 5.76 Å². The van der Waals surface area contributed by atoms with E-state index in [1.54, 1.807) is 6.07 Å². The number of benzene rings is 1. The fourth-order valence-electron chi connectivity index (χ4n) is 1.94. The highest BCUT2D eigenvalue weighted by Crippen LogP contribution is 2.19. The number of aromatic nitrogens is 1. The van der Waals surface area contributed by atoms with Crippen molar-refractivity contribution in [2.75, 3.05) is 30.4 Å². The van der Waals surface area contributed by atoms with Crippen molar-refractivity contribution in [3.8, 4) is 0 Å². The van der Waals surface area contributed by atoms with Gasteiger partial charge < -0.3 is 19.8 Å². The first-order valence-corrected chi connectivity index (χ1v) is 7.21. The van der Waals surface area contributed by atoms with Crippen molar-refractivity contribution < 1.29 is 14.4 Å². The van der Waals surface area contributed by atoms with Crippen molar-refractivity contribution >= 4 is 17.3 Å². The Bertz CT molecular complexity index is 620. The quantitative estimate of drug-likeness (QED) is 0.857. The van der Waals surface area contributed by atoms with Crippen molar-refractivity contribution in [3.05, 3.63) is 41.8 Å². The van der Waals surface area contributed by atoms with Crippen LogP contribution in [0.15, 0.2) is 34.9 Å². The molecular weight excluding hydrogens is 282 g/mol. The lowest BCUT2D eigenvalue weighted by Crippen LogP contribution is -2.21. The molecule has 22 heavy (non-hydrogen) atoms. The van der Waals surface area contributed by atoms with Crippen LogP contribution in [0.2, 0.25) is 0 Å². The standard InChI is InChI=1S/C16H21N3O3/c1-11(2)15-10-14(18-22-15)16(21)17-12-4-6-13(7-5-12)19(3)8-9-20/h4-7,10-11,20H,8-9H2,1-3H3,(H,17,21). The summed E-state index contributed by atoms with van der Waals surface area (Å²) in [5.74, 6) is 0.577. The molecule has 0 aliphatic rings. The number of aliphatic hydroxyl groups excluding tert-OH is 1. The van der Waals surface area contributed by atoms with Gasteiger partial charge in [0, 0.05) is 37.0 Å². The van der Waals surface area contributed by atoms with E-state index in [1.165, 1.54) is 0 Å². The van der Waals surface area contributed by atoms with Gasteiger partial charge in [-0.3, -0.25) is 4.79 Å². The Hall–Kier alpha value is -2.34. The summed E-state index contributed by atoms with van der Waals surface area (Å²) in [6.45, 7) is 4.61. The van der Waals surface area contributed by atoms with Gasteiger partial charge in [-0.05, 0) is 24.3 Å². The molecule has 0 aliphatic heterocycles. The summed E-state index contributed by atoms with van der Waals surface area (Å²) >= 11 is 0. The molecule has 2 aromatic rings. The second-order valence-corrected chi connectivity index (χ2v) is 5.42. The van der Waals surface area contributed by atoms with E-state index in [0.717, 1.165) is 5.69 Å². The number of hydrogen-bond acceptors (Lipinski definition) is 5. The zero-order chi connectivity index (χ0) is 16.1. The van der Waals surface area contributed by atoms with Crippen molar-refractivity contribution in [1.82, 2.24) is 5.16 Å². The first-order chi connectivity index (χ1) is 10.5. The molecule has 1 amide bonds. The Morgan fingerprint density at radius 1 is 1.36 bits per heavy atom. The van der Waals surface area contributed by atoms with Gasteiger partial charge in [0.25, 0.3) is 5.91 Å². The maximum atomic E-state index is 12.1. The summed E-state index contributed by atoms with van der Waals surface area (Å²) in [7, 11) is 1.90. The Morgan fingerprint density at radius 3 is 2.59 bits per heavy atom. The first-order valence-electron chi connectivity index (χ1n) is 7.21. The molecule has 0 bridgehead atoms. The van der Waals surface area contributed by atoms with Gasteiger partial charge in [0.05, 0.1) is 6.61 Å². The fourth-order valence-corrected chi connectivity index (χ4v) is 1.94. The number of carbonyl (C=O) groups excluding carboxylic acids is 1. The maximum absolute atomic E-state index is 12.1. The number of anilines is 2. The van der Waals surface area contributed by atoms with Crippen LogP contribution in [-0.2, 0) is 0 Å². The van der Waals surface area contributed by atoms with E-state index in [-0.39, 0.29) is 24.1 Å². The van der Waals surface area contributed by atoms with Crippen LogP contribution in [0.5, 0.6) is 0 Å². The molecule has 0 saturated heterocycles. The lowest BCUT2D eigenvalue weighted by atomic mass is 10.1. The number of nitrogens with zero attached hydrogens (tertiary/aromatic N) is 2. The normalized spacial score (nSPS) is 10.8. The number of hydrogen-bond donors (Lipinski definition) is 2. The molecule has 1 aromatic carbocycles. The Kier molecular flexibility index (Phi) is 5.16. The fraction of sp³-hybridized carbons (Fsp3) is 0.375. The molecule has 0 unspecified atom stereocenters. The predicted octanol–water partition coefficient (Wildman–Crippen LogP) is 2.48. The molecule has 0 spiro atoms. The second kappa shape index (κ2) is 7.09. The van der Waals surface area contributed by atoms with E-state index in [4.69, 9.17) is 9.63 Å². The van der Waals surface area contributed by atoms with E-state index in [1.807, 2.05) is 50.1 Å². The molecule has 0 radical (unpaired) electrons. The van der Waals surface area contributed by atoms with E-state index in [2.05, 4.69) is 10.5 Å². The van der Waals surface area contributed by atoms with Crippen LogP contribution >= 0.6 is 0 Å². The van der Waals surface area contributed by atoms with Crippen LogP contribution in [0, 0.1) is 0 Å². The van der Waals surface area contributed by atoms with Gasteiger partial charge in [0.2, 0.25) is 0 Å². The first kappa shape index (κ1) is 16.0. The molecule has 0 fully saturated rings. The third-order valence-corrected chi connectivity index (χ3v) is 3.33. The number of rotatable bonds is 6. The van der Waals surface area contributed by atoms with Gasteiger partial charge in [0.15, 0.2) is 5.69 Å². The topological polar surface area (TPSA) is 78.6 Å². The molecular formula is C16H21N3O3. The molecule has 118 valence electrons. The average Bonchev–Trinajstić information content (AvgIpc) is 2.98. The minimum absolute atomic E-state index is 0.0966. The van der Waals surface area contributed by atoms with Gasteiger partial charge in [-0.2, -0.15) is 0 Å². The zero-order valence-electron chi connectivity index (χ0n) is 13.0. The summed E-state index contributed by atoms with van der Waals surface area (Å²) in [6.07, 6.45) is 0. The third kappa shape index (κ3) is 3.85. The maximum Gasteiger partial charge on any atom is 0.277 e. The van der Waals surface area contributed by atoms with Crippen molar-refractivity contribution in [1.29, 1.82) is 0 Å². The number of aliphatic hydroxyl groups is 1. The third-order valence-electron chi connectivity index (χ3n) is 3.33. The van der Waals surface area contributed by atoms with E-state index in [0.29, 0.717) is 18.0 Å². The average molecular weight is 303 g/mol. The highest BCUT2D eigenvalue weighted by atomic mass is 16.5. The van der Waals surface area contributed by atoms with E-state index >= 15 is 0 Å². The molecule has 6 nitrogen and oxygen atoms in total. The summed E-state index contributed by atoms with van der Waals surface area (Å²) < 4.78 is 5.12. The summed E-state index contributed by atoms with van der Waals surface area (Å²) in [5, 5.41) is 15.5. The Morgan fingerprint density at radius 2 is 2.05 bits per heavy atom. The van der Waals surface area contributed by atoms with Crippen LogP contribution in [0.3, 0.4) is 0 Å². The van der Waals surface area contributed by atoms with Crippen LogP contribution in [0.25, 0.3) is 0 Å². The lowest BCUT2D eigenvalue weighted by molar-refractivity contribution is 0.101. The monoisotopic (exact) mass is 303 g/mol. The molecule has 0 aliphatic carbocycles. The number of amides is 1. The van der Waals surface area contributed by atoms with Crippen LogP contribution < -0.4 is 10.2 Å². The van der Waals surface area contributed by atoms with Crippen molar-refractivity contribution in [2.45, 2.75) is 19.8 Å². The highest BCUT2D eigenvalue weighted by Gasteiger charge is 2.14. The minimum Gasteiger partial charge on any atom is -0.395 e. The number of carbonyl (C=O) groups is 1. The largest absolute Gasteiger partial charge is 0.395 e. The van der Waals surface area contributed by atoms with E-state index < -0.39 is 0 Å². The minimum atomic E-state index is -0.299. The molecule has 2 rings (SSSR count). The zero-order valence-corrected chi connectivity index (χ0v) is 13.0. The van der Waals surface area contributed by atoms with Crippen molar-refractivity contribution in [3.63, 3.8) is 0 Å². The SMILES string of the molecule is CC(C)c1cc(C(=O)Nc2ccc(N(C)CCO)cc2)no1. The Labute approximate surface area is 129 Å². The molecule has 1 aromatic heterocycles. The summed E-state index contributed by atoms with van der Waals surface area (Å²) in [4.78, 5) is 14.0. The van der Waals surface area contributed by atoms with Crippen LogP contribution in [0.4, 0.5) is 11.4 Å². The smallest absolute Gasteiger partial charge is 0.277 e. The van der Waals surface area contributed by atoms with Gasteiger partial charge in [-0.15, -0.1) is 0 Å². The van der Waals surface area contributed by atoms with Crippen LogP contribution in [0.1, 0.15) is 36.0 Å². The van der Waals surface area contributed by atoms with Gasteiger partial charge >= 0.3 is 0 Å². The lowest BCUT2D eigenvalue weighted by Gasteiger charge is -2.18. The Balaban J connectivity index is 2.02. The summed E-state index contributed by atoms with van der Waals surface area (Å²) in [6, 6.07) is 9.04.